The Balaban J connectivity index is 1.12. The molecule has 0 aliphatic carbocycles. The lowest BCUT2D eigenvalue weighted by atomic mass is 10.0. The molecule has 0 saturated carbocycles. The molecule has 4 heterocycles. The van der Waals surface area contributed by atoms with Crippen LogP contribution in [0.25, 0.3) is 82.5 Å². The van der Waals surface area contributed by atoms with Crippen molar-refractivity contribution in [3.05, 3.63) is 182 Å². The summed E-state index contributed by atoms with van der Waals surface area (Å²) in [6.45, 7) is 0. The van der Waals surface area contributed by atoms with E-state index in [0.717, 1.165) is 17.1 Å². The largest absolute Gasteiger partial charge is 0.309 e. The summed E-state index contributed by atoms with van der Waals surface area (Å²) in [5.74, 6) is 0. The Kier molecular flexibility index (Phi) is 5.47. The van der Waals surface area contributed by atoms with Crippen LogP contribution in [0.3, 0.4) is 0 Å². The van der Waals surface area contributed by atoms with E-state index in [1.54, 1.807) is 0 Å². The summed E-state index contributed by atoms with van der Waals surface area (Å²) in [5.41, 5.74) is 14.3. The molecule has 0 fully saturated rings. The van der Waals surface area contributed by atoms with Crippen LogP contribution in [0.5, 0.6) is 0 Å². The van der Waals surface area contributed by atoms with Gasteiger partial charge in [-0.05, 0) is 84.9 Å². The molecule has 4 heteroatoms. The van der Waals surface area contributed by atoms with Gasteiger partial charge in [0, 0.05) is 49.4 Å². The lowest BCUT2D eigenvalue weighted by Gasteiger charge is -2.33. The molecule has 1 aliphatic rings. The van der Waals surface area contributed by atoms with Gasteiger partial charge < -0.3 is 18.6 Å². The fourth-order valence-corrected chi connectivity index (χ4v) is 9.08. The lowest BCUT2D eigenvalue weighted by molar-refractivity contribution is 1.11. The Bertz CT molecular complexity index is 3180. The molecule has 0 N–H and O–H groups in total. The van der Waals surface area contributed by atoms with Gasteiger partial charge in [-0.15, -0.1) is 0 Å². The van der Waals surface area contributed by atoms with Gasteiger partial charge >= 0.3 is 0 Å². The fraction of sp³-hybridized carbons (Fsp3) is 0. The van der Waals surface area contributed by atoms with Crippen LogP contribution in [0.15, 0.2) is 182 Å². The number of anilines is 3. The molecule has 0 spiro atoms. The summed E-state index contributed by atoms with van der Waals surface area (Å²) in [4.78, 5) is 2.44. The van der Waals surface area contributed by atoms with Crippen LogP contribution >= 0.6 is 0 Å². The van der Waals surface area contributed by atoms with E-state index in [1.165, 1.54) is 82.5 Å². The van der Waals surface area contributed by atoms with Gasteiger partial charge in [0.25, 0.3) is 0 Å². The maximum absolute atomic E-state index is 2.49. The first-order valence-corrected chi connectivity index (χ1v) is 17.9. The molecule has 12 rings (SSSR count). The molecule has 0 unspecified atom stereocenters. The Hall–Kier alpha value is -7.04. The summed E-state index contributed by atoms with van der Waals surface area (Å²) >= 11 is 0. The van der Waals surface area contributed by atoms with Gasteiger partial charge in [0.05, 0.1) is 50.2 Å². The molecular weight excluding hydrogens is 633 g/mol. The zero-order valence-electron chi connectivity index (χ0n) is 28.1. The minimum absolute atomic E-state index is 1.13. The van der Waals surface area contributed by atoms with Crippen molar-refractivity contribution in [2.24, 2.45) is 0 Å². The lowest BCUT2D eigenvalue weighted by Crippen LogP contribution is -2.18. The average molecular weight is 663 g/mol. The zero-order valence-corrected chi connectivity index (χ0v) is 28.1. The average Bonchev–Trinajstić information content (AvgIpc) is 3.85. The quantitative estimate of drug-likeness (QED) is 0.184. The fourth-order valence-electron chi connectivity index (χ4n) is 9.08. The van der Waals surface area contributed by atoms with Crippen molar-refractivity contribution in [3.63, 3.8) is 0 Å². The van der Waals surface area contributed by atoms with Crippen LogP contribution in [0.4, 0.5) is 17.1 Å². The van der Waals surface area contributed by atoms with Crippen LogP contribution < -0.4 is 4.90 Å². The topological polar surface area (TPSA) is 18.0 Å². The van der Waals surface area contributed by atoms with Gasteiger partial charge in [0.15, 0.2) is 0 Å². The molecule has 0 atom stereocenters. The highest BCUT2D eigenvalue weighted by atomic mass is 15.2. The number of aromatic nitrogens is 3. The third-order valence-electron chi connectivity index (χ3n) is 11.1. The summed E-state index contributed by atoms with van der Waals surface area (Å²) in [6.07, 6.45) is 0. The Morgan fingerprint density at radius 1 is 0.250 bits per heavy atom. The molecule has 1 aliphatic heterocycles. The second-order valence-electron chi connectivity index (χ2n) is 13.8. The molecule has 3 aromatic heterocycles. The highest BCUT2D eigenvalue weighted by Crippen LogP contribution is 2.51. The maximum Gasteiger partial charge on any atom is 0.0783 e. The molecule has 8 aromatic carbocycles. The first-order valence-electron chi connectivity index (χ1n) is 17.9. The van der Waals surface area contributed by atoms with Crippen molar-refractivity contribution in [2.45, 2.75) is 0 Å². The molecule has 11 aromatic rings. The third kappa shape index (κ3) is 3.55. The SMILES string of the molecule is c1ccc(-n2c3ccccc3c3c4c5cccc6c5n(c4ccc32)-c2ccccc2N6c2ccc(-n3c4ccccc4c4ccccc43)cc2)cc1. The van der Waals surface area contributed by atoms with Crippen molar-refractivity contribution < 1.29 is 0 Å². The Morgan fingerprint density at radius 2 is 0.712 bits per heavy atom. The monoisotopic (exact) mass is 662 g/mol. The van der Waals surface area contributed by atoms with E-state index in [-0.39, 0.29) is 0 Å². The second-order valence-corrected chi connectivity index (χ2v) is 13.8. The highest BCUT2D eigenvalue weighted by Gasteiger charge is 2.30. The van der Waals surface area contributed by atoms with Crippen LogP contribution in [-0.4, -0.2) is 13.7 Å². The second kappa shape index (κ2) is 10.3. The van der Waals surface area contributed by atoms with Crippen LogP contribution in [0, 0.1) is 0 Å². The minimum atomic E-state index is 1.13. The molecule has 0 saturated heterocycles. The number of para-hydroxylation sites is 7. The number of hydrogen-bond acceptors (Lipinski definition) is 1. The maximum atomic E-state index is 2.49. The number of benzene rings is 8. The van der Waals surface area contributed by atoms with Crippen LogP contribution in [-0.2, 0) is 0 Å². The van der Waals surface area contributed by atoms with Crippen molar-refractivity contribution >= 4 is 82.5 Å². The first-order chi connectivity index (χ1) is 25.8. The zero-order chi connectivity index (χ0) is 33.9. The molecule has 4 nitrogen and oxygen atoms in total. The molecule has 0 bridgehead atoms. The van der Waals surface area contributed by atoms with Crippen LogP contribution in [0.1, 0.15) is 0 Å². The summed E-state index contributed by atoms with van der Waals surface area (Å²) in [7, 11) is 0. The van der Waals surface area contributed by atoms with Crippen molar-refractivity contribution in [2.75, 3.05) is 4.90 Å². The van der Waals surface area contributed by atoms with Gasteiger partial charge in [-0.2, -0.15) is 0 Å². The van der Waals surface area contributed by atoms with E-state index in [9.17, 15) is 0 Å². The Labute approximate surface area is 299 Å². The van der Waals surface area contributed by atoms with Gasteiger partial charge in [-0.1, -0.05) is 97.1 Å². The van der Waals surface area contributed by atoms with Crippen molar-refractivity contribution in [1.29, 1.82) is 0 Å². The number of nitrogens with zero attached hydrogens (tertiary/aromatic N) is 4. The summed E-state index contributed by atoms with van der Waals surface area (Å²) in [6, 6.07) is 66.3. The minimum Gasteiger partial charge on any atom is -0.309 e. The molecule has 0 radical (unpaired) electrons. The van der Waals surface area contributed by atoms with E-state index in [4.69, 9.17) is 0 Å². The predicted octanol–water partition coefficient (Wildman–Crippen LogP) is 12.8. The highest BCUT2D eigenvalue weighted by molar-refractivity contribution is 6.30. The molecular formula is C48H30N4. The van der Waals surface area contributed by atoms with Gasteiger partial charge in [-0.25, -0.2) is 0 Å². The molecule has 52 heavy (non-hydrogen) atoms. The standard InChI is InChI=1S/C48H30N4/c1-2-13-31(14-3-1)50-40-21-9-6-17-36(40)46-43(50)29-30-44-47(46)37-18-12-24-45-48(37)52(44)42-23-11-10-22-41(42)51(45)33-27-25-32(26-28-33)49-38-19-7-4-15-34(38)35-16-5-8-20-39(35)49/h1-30H. The van der Waals surface area contributed by atoms with E-state index >= 15 is 0 Å². The third-order valence-corrected chi connectivity index (χ3v) is 11.1. The first kappa shape index (κ1) is 27.7. The number of hydrogen-bond donors (Lipinski definition) is 0. The number of fused-ring (bicyclic) bond motifs is 12. The van der Waals surface area contributed by atoms with Gasteiger partial charge in [-0.3, -0.25) is 0 Å². The predicted molar refractivity (Wildman–Crippen MR) is 218 cm³/mol. The Morgan fingerprint density at radius 3 is 1.42 bits per heavy atom. The molecule has 242 valence electrons. The summed E-state index contributed by atoms with van der Waals surface area (Å²) < 4.78 is 7.29. The van der Waals surface area contributed by atoms with Gasteiger partial charge in [0.1, 0.15) is 0 Å². The van der Waals surface area contributed by atoms with E-state index < -0.39 is 0 Å². The smallest absolute Gasteiger partial charge is 0.0783 e. The van der Waals surface area contributed by atoms with E-state index in [0.29, 0.717) is 0 Å². The molecule has 0 amide bonds. The van der Waals surface area contributed by atoms with Crippen molar-refractivity contribution in [1.82, 2.24) is 13.7 Å². The normalized spacial score (nSPS) is 12.6. The summed E-state index contributed by atoms with van der Waals surface area (Å²) in [5, 5.41) is 7.65. The van der Waals surface area contributed by atoms with Crippen molar-refractivity contribution in [3.8, 4) is 17.1 Å². The van der Waals surface area contributed by atoms with Crippen LogP contribution in [0.2, 0.25) is 0 Å². The number of rotatable bonds is 3. The van der Waals surface area contributed by atoms with Gasteiger partial charge in [0.2, 0.25) is 0 Å². The van der Waals surface area contributed by atoms with E-state index in [2.05, 4.69) is 201 Å². The van der Waals surface area contributed by atoms with E-state index in [1.807, 2.05) is 0 Å².